The van der Waals surface area contributed by atoms with Crippen LogP contribution in [0.2, 0.25) is 0 Å². The van der Waals surface area contributed by atoms with Gasteiger partial charge in [-0.3, -0.25) is 14.3 Å². The molecule has 0 fully saturated rings. The number of hydrogen-bond acceptors (Lipinski definition) is 4. The Hall–Kier alpha value is -2.58. The Morgan fingerprint density at radius 2 is 2.00 bits per heavy atom. The van der Waals surface area contributed by atoms with E-state index < -0.39 is 12.0 Å². The van der Waals surface area contributed by atoms with Crippen LogP contribution in [-0.4, -0.2) is 45.9 Å². The van der Waals surface area contributed by atoms with E-state index in [0.29, 0.717) is 12.2 Å². The van der Waals surface area contributed by atoms with Gasteiger partial charge in [0.05, 0.1) is 11.9 Å². The highest BCUT2D eigenvalue weighted by Gasteiger charge is 2.05. The SMILES string of the molecule is CC(=O)NCCNC(=O)Nc1cnn(CC(=O)O)c1. The molecule has 3 amide bonds. The molecule has 1 aromatic rings. The number of carboxylic acid groups (broad SMARTS) is 1. The third kappa shape index (κ3) is 6.05. The summed E-state index contributed by atoms with van der Waals surface area (Å²) in [5.74, 6) is -1.19. The van der Waals surface area contributed by atoms with Crippen molar-refractivity contribution in [2.24, 2.45) is 0 Å². The molecule has 4 N–H and O–H groups in total. The number of anilines is 1. The zero-order chi connectivity index (χ0) is 14.3. The molecule has 9 nitrogen and oxygen atoms in total. The first-order valence-electron chi connectivity index (χ1n) is 5.51. The molecular weight excluding hydrogens is 254 g/mol. The first kappa shape index (κ1) is 14.5. The molecular formula is C10H15N5O4. The molecule has 0 radical (unpaired) electrons. The molecule has 19 heavy (non-hydrogen) atoms. The maximum absolute atomic E-state index is 11.4. The number of aromatic nitrogens is 2. The van der Waals surface area contributed by atoms with Crippen LogP contribution in [0.1, 0.15) is 6.92 Å². The van der Waals surface area contributed by atoms with Crippen LogP contribution in [0.5, 0.6) is 0 Å². The topological polar surface area (TPSA) is 125 Å². The van der Waals surface area contributed by atoms with E-state index in [1.165, 1.54) is 24.0 Å². The summed E-state index contributed by atoms with van der Waals surface area (Å²) in [5.41, 5.74) is 0.387. The molecule has 0 spiro atoms. The van der Waals surface area contributed by atoms with Gasteiger partial charge in [0.2, 0.25) is 5.91 Å². The molecule has 0 unspecified atom stereocenters. The molecule has 0 saturated carbocycles. The minimum absolute atomic E-state index is 0.169. The van der Waals surface area contributed by atoms with Gasteiger partial charge in [0.15, 0.2) is 0 Å². The minimum atomic E-state index is -1.02. The number of carboxylic acids is 1. The maximum atomic E-state index is 11.4. The van der Waals surface area contributed by atoms with Gasteiger partial charge < -0.3 is 21.1 Å². The summed E-state index contributed by atoms with van der Waals surface area (Å²) >= 11 is 0. The van der Waals surface area contributed by atoms with Gasteiger partial charge >= 0.3 is 12.0 Å². The monoisotopic (exact) mass is 269 g/mol. The molecule has 0 aliphatic carbocycles. The van der Waals surface area contributed by atoms with Gasteiger partial charge in [0, 0.05) is 26.2 Å². The Morgan fingerprint density at radius 3 is 2.63 bits per heavy atom. The summed E-state index contributed by atoms with van der Waals surface area (Å²) < 4.78 is 1.19. The third-order valence-electron chi connectivity index (χ3n) is 1.97. The second-order valence-corrected chi connectivity index (χ2v) is 3.68. The van der Waals surface area contributed by atoms with E-state index in [9.17, 15) is 14.4 Å². The number of urea groups is 1. The summed E-state index contributed by atoms with van der Waals surface area (Å²) in [6.07, 6.45) is 2.75. The zero-order valence-corrected chi connectivity index (χ0v) is 10.3. The number of nitrogens with one attached hydrogen (secondary N) is 3. The fourth-order valence-electron chi connectivity index (χ4n) is 1.24. The van der Waals surface area contributed by atoms with Crippen LogP contribution in [-0.2, 0) is 16.1 Å². The summed E-state index contributed by atoms with van der Waals surface area (Å²) in [7, 11) is 0. The molecule has 1 heterocycles. The minimum Gasteiger partial charge on any atom is -0.480 e. The number of carbonyl (C=O) groups excluding carboxylic acids is 2. The van der Waals surface area contributed by atoms with E-state index in [2.05, 4.69) is 21.0 Å². The summed E-state index contributed by atoms with van der Waals surface area (Å²) in [6, 6.07) is -0.458. The summed E-state index contributed by atoms with van der Waals surface area (Å²) in [5, 5.41) is 19.8. The number of carbonyl (C=O) groups is 3. The standard InChI is InChI=1S/C10H15N5O4/c1-7(16)11-2-3-12-10(19)14-8-4-13-15(5-8)6-9(17)18/h4-5H,2-3,6H2,1H3,(H,11,16)(H,17,18)(H2,12,14,19). The lowest BCUT2D eigenvalue weighted by Gasteiger charge is -2.05. The van der Waals surface area contributed by atoms with Crippen molar-refractivity contribution in [3.05, 3.63) is 12.4 Å². The van der Waals surface area contributed by atoms with Crippen molar-refractivity contribution in [1.82, 2.24) is 20.4 Å². The lowest BCUT2D eigenvalue weighted by molar-refractivity contribution is -0.137. The molecule has 1 rings (SSSR count). The van der Waals surface area contributed by atoms with Gasteiger partial charge in [-0.15, -0.1) is 0 Å². The lowest BCUT2D eigenvalue weighted by Crippen LogP contribution is -2.36. The van der Waals surface area contributed by atoms with Gasteiger partial charge in [0.25, 0.3) is 0 Å². The maximum Gasteiger partial charge on any atom is 0.325 e. The smallest absolute Gasteiger partial charge is 0.325 e. The fraction of sp³-hybridized carbons (Fsp3) is 0.400. The summed E-state index contributed by atoms with van der Waals surface area (Å²) in [4.78, 5) is 32.4. The van der Waals surface area contributed by atoms with Gasteiger partial charge in [-0.2, -0.15) is 5.10 Å². The van der Waals surface area contributed by atoms with Crippen molar-refractivity contribution < 1.29 is 19.5 Å². The van der Waals surface area contributed by atoms with E-state index in [1.54, 1.807) is 0 Å². The normalized spacial score (nSPS) is 9.74. The molecule has 0 atom stereocenters. The molecule has 0 aliphatic heterocycles. The number of rotatable bonds is 6. The molecule has 0 saturated heterocycles. The number of amides is 3. The fourth-order valence-corrected chi connectivity index (χ4v) is 1.24. The van der Waals surface area contributed by atoms with Crippen molar-refractivity contribution in [3.8, 4) is 0 Å². The number of nitrogens with zero attached hydrogens (tertiary/aromatic N) is 2. The Kier molecular flexibility index (Phi) is 5.33. The van der Waals surface area contributed by atoms with Crippen molar-refractivity contribution in [2.45, 2.75) is 13.5 Å². The van der Waals surface area contributed by atoms with Gasteiger partial charge in [-0.25, -0.2) is 4.79 Å². The predicted molar refractivity (Wildman–Crippen MR) is 65.6 cm³/mol. The van der Waals surface area contributed by atoms with Crippen molar-refractivity contribution in [2.75, 3.05) is 18.4 Å². The largest absolute Gasteiger partial charge is 0.480 e. The van der Waals surface area contributed by atoms with Crippen molar-refractivity contribution >= 4 is 23.6 Å². The van der Waals surface area contributed by atoms with E-state index >= 15 is 0 Å². The highest BCUT2D eigenvalue weighted by atomic mass is 16.4. The van der Waals surface area contributed by atoms with Crippen LogP contribution in [0, 0.1) is 0 Å². The lowest BCUT2D eigenvalue weighted by atomic mass is 10.5. The first-order valence-corrected chi connectivity index (χ1v) is 5.51. The Labute approximate surface area is 109 Å². The number of hydrogen-bond donors (Lipinski definition) is 4. The van der Waals surface area contributed by atoms with Crippen molar-refractivity contribution in [1.29, 1.82) is 0 Å². The van der Waals surface area contributed by atoms with Crippen molar-refractivity contribution in [3.63, 3.8) is 0 Å². The summed E-state index contributed by atoms with van der Waals surface area (Å²) in [6.45, 7) is 1.73. The van der Waals surface area contributed by atoms with Crippen LogP contribution in [0.4, 0.5) is 10.5 Å². The first-order chi connectivity index (χ1) is 8.97. The Morgan fingerprint density at radius 1 is 1.32 bits per heavy atom. The predicted octanol–water partition coefficient (Wildman–Crippen LogP) is -0.775. The van der Waals surface area contributed by atoms with E-state index in [-0.39, 0.29) is 19.0 Å². The molecule has 0 aromatic carbocycles. The molecule has 1 aromatic heterocycles. The van der Waals surface area contributed by atoms with Crippen LogP contribution in [0.25, 0.3) is 0 Å². The Bertz CT molecular complexity index is 470. The van der Waals surface area contributed by atoms with Gasteiger partial charge in [0.1, 0.15) is 6.54 Å². The third-order valence-corrected chi connectivity index (χ3v) is 1.97. The molecule has 0 bridgehead atoms. The molecule has 9 heteroatoms. The molecule has 0 aliphatic rings. The highest BCUT2D eigenvalue weighted by Crippen LogP contribution is 2.03. The average molecular weight is 269 g/mol. The van der Waals surface area contributed by atoms with Crippen LogP contribution < -0.4 is 16.0 Å². The average Bonchev–Trinajstić information content (AvgIpc) is 2.70. The zero-order valence-electron chi connectivity index (χ0n) is 10.3. The van der Waals surface area contributed by atoms with E-state index in [1.807, 2.05) is 0 Å². The van der Waals surface area contributed by atoms with Crippen LogP contribution in [0.15, 0.2) is 12.4 Å². The van der Waals surface area contributed by atoms with Gasteiger partial charge in [-0.1, -0.05) is 0 Å². The van der Waals surface area contributed by atoms with Crippen LogP contribution in [0.3, 0.4) is 0 Å². The quantitative estimate of drug-likeness (QED) is 0.504. The van der Waals surface area contributed by atoms with Gasteiger partial charge in [-0.05, 0) is 0 Å². The second kappa shape index (κ2) is 6.99. The Balaban J connectivity index is 2.30. The second-order valence-electron chi connectivity index (χ2n) is 3.68. The van der Waals surface area contributed by atoms with Crippen LogP contribution >= 0.6 is 0 Å². The highest BCUT2D eigenvalue weighted by molar-refractivity contribution is 5.88. The number of aliphatic carboxylic acids is 1. The van der Waals surface area contributed by atoms with E-state index in [0.717, 1.165) is 0 Å². The molecule has 104 valence electrons. The van der Waals surface area contributed by atoms with E-state index in [4.69, 9.17) is 5.11 Å².